The molecular weight excluding hydrogens is 410 g/mol. The molecule has 1 aliphatic heterocycles. The van der Waals surface area contributed by atoms with E-state index >= 15 is 0 Å². The van der Waals surface area contributed by atoms with Crippen LogP contribution in [0.2, 0.25) is 0 Å². The molecule has 0 amide bonds. The van der Waals surface area contributed by atoms with E-state index in [1.807, 2.05) is 0 Å². The number of aliphatic imine (C=N–C) groups is 1. The van der Waals surface area contributed by atoms with Crippen LogP contribution in [0.25, 0.3) is 0 Å². The number of guanidine groups is 1. The maximum atomic E-state index is 12.2. The van der Waals surface area contributed by atoms with Gasteiger partial charge < -0.3 is 15.4 Å². The fourth-order valence-corrected chi connectivity index (χ4v) is 3.48. The third kappa shape index (κ3) is 4.39. The van der Waals surface area contributed by atoms with Crippen LogP contribution in [-0.2, 0) is 4.74 Å². The lowest BCUT2D eigenvalue weighted by Crippen LogP contribution is -2.71. The molecule has 0 spiro atoms. The topological polar surface area (TPSA) is 45.7 Å². The Morgan fingerprint density at radius 1 is 1.36 bits per heavy atom. The Kier molecular flexibility index (Phi) is 6.79. The van der Waals surface area contributed by atoms with E-state index < -0.39 is 12.6 Å². The van der Waals surface area contributed by atoms with Crippen LogP contribution in [0.4, 0.5) is 13.2 Å². The monoisotopic (exact) mass is 435 g/mol. The van der Waals surface area contributed by atoms with E-state index in [0.29, 0.717) is 11.9 Å². The van der Waals surface area contributed by atoms with Crippen molar-refractivity contribution in [3.63, 3.8) is 0 Å². The summed E-state index contributed by atoms with van der Waals surface area (Å²) in [6.07, 6.45) is -2.65. The van der Waals surface area contributed by atoms with Gasteiger partial charge in [0.1, 0.15) is 0 Å². The zero-order valence-corrected chi connectivity index (χ0v) is 15.5. The van der Waals surface area contributed by atoms with Crippen LogP contribution in [-0.4, -0.2) is 44.5 Å². The molecule has 0 bridgehead atoms. The Labute approximate surface area is 146 Å². The average molecular weight is 435 g/mol. The molecule has 3 unspecified atom stereocenters. The summed E-state index contributed by atoms with van der Waals surface area (Å²) in [5, 5.41) is 6.01. The van der Waals surface area contributed by atoms with E-state index in [0.717, 1.165) is 19.4 Å². The van der Waals surface area contributed by atoms with Crippen molar-refractivity contribution >= 4 is 29.9 Å². The highest BCUT2D eigenvalue weighted by molar-refractivity contribution is 14.0. The molecule has 2 fully saturated rings. The van der Waals surface area contributed by atoms with Crippen LogP contribution < -0.4 is 10.6 Å². The van der Waals surface area contributed by atoms with Gasteiger partial charge in [-0.15, -0.1) is 24.0 Å². The number of rotatable bonds is 3. The van der Waals surface area contributed by atoms with Gasteiger partial charge in [-0.1, -0.05) is 13.8 Å². The Hall–Kier alpha value is -0.250. The zero-order valence-electron chi connectivity index (χ0n) is 13.2. The minimum absolute atomic E-state index is 0. The number of alkyl halides is 3. The normalized spacial score (nSPS) is 30.6. The molecule has 8 heteroatoms. The van der Waals surface area contributed by atoms with Gasteiger partial charge in [0.15, 0.2) is 5.96 Å². The molecule has 2 rings (SSSR count). The molecular formula is C14H25F3IN3O. The summed E-state index contributed by atoms with van der Waals surface area (Å²) in [4.78, 5) is 4.02. The summed E-state index contributed by atoms with van der Waals surface area (Å²) in [7, 11) is 1.57. The van der Waals surface area contributed by atoms with Gasteiger partial charge in [-0.25, -0.2) is 0 Å². The molecule has 3 atom stereocenters. The molecule has 1 aliphatic carbocycles. The van der Waals surface area contributed by atoms with Crippen LogP contribution in [0.3, 0.4) is 0 Å². The maximum Gasteiger partial charge on any atom is 0.390 e. The Morgan fingerprint density at radius 2 is 2.05 bits per heavy atom. The number of nitrogens with one attached hydrogen (secondary N) is 2. The third-order valence-corrected chi connectivity index (χ3v) is 4.55. The fraction of sp³-hybridized carbons (Fsp3) is 0.929. The van der Waals surface area contributed by atoms with E-state index in [1.54, 1.807) is 7.05 Å². The van der Waals surface area contributed by atoms with Crippen LogP contribution in [0.15, 0.2) is 4.99 Å². The van der Waals surface area contributed by atoms with Crippen molar-refractivity contribution in [3.8, 4) is 0 Å². The summed E-state index contributed by atoms with van der Waals surface area (Å²) >= 11 is 0. The van der Waals surface area contributed by atoms with Crippen molar-refractivity contribution < 1.29 is 17.9 Å². The van der Waals surface area contributed by atoms with E-state index in [9.17, 15) is 13.2 Å². The predicted octanol–water partition coefficient (Wildman–Crippen LogP) is 2.93. The highest BCUT2D eigenvalue weighted by Crippen LogP contribution is 2.51. The Morgan fingerprint density at radius 3 is 2.64 bits per heavy atom. The number of hydrogen-bond donors (Lipinski definition) is 2. The standard InChI is InChI=1S/C14H24F3N3O.HI/c1-13(2)10(9-5-4-8-21-11(9)13)20-12(18-3)19-7-6-14(15,16)17;/h9-11H,4-8H2,1-3H3,(H2,18,19,20);1H. The number of fused-ring (bicyclic) bond motifs is 1. The minimum Gasteiger partial charge on any atom is -0.377 e. The molecule has 0 aromatic heterocycles. The quantitative estimate of drug-likeness (QED) is 0.407. The molecule has 2 aliphatic rings. The predicted molar refractivity (Wildman–Crippen MR) is 90.6 cm³/mol. The number of nitrogens with zero attached hydrogens (tertiary/aromatic N) is 1. The Bertz CT molecular complexity index is 401. The summed E-state index contributed by atoms with van der Waals surface area (Å²) in [6, 6.07) is 0.180. The summed E-state index contributed by atoms with van der Waals surface area (Å²) in [5.74, 6) is 0.844. The van der Waals surface area contributed by atoms with Crippen LogP contribution >= 0.6 is 24.0 Å². The third-order valence-electron chi connectivity index (χ3n) is 4.55. The molecule has 2 N–H and O–H groups in total. The summed E-state index contributed by atoms with van der Waals surface area (Å²) in [5.41, 5.74) is -0.0350. The van der Waals surface area contributed by atoms with Crippen molar-refractivity contribution in [2.24, 2.45) is 16.3 Å². The number of hydrogen-bond acceptors (Lipinski definition) is 2. The lowest BCUT2D eigenvalue weighted by atomic mass is 9.55. The second-order valence-corrected chi connectivity index (χ2v) is 6.41. The molecule has 0 aromatic carbocycles. The average Bonchev–Trinajstić information content (AvgIpc) is 2.41. The summed E-state index contributed by atoms with van der Waals surface area (Å²) in [6.45, 7) is 4.89. The molecule has 4 nitrogen and oxygen atoms in total. The SMILES string of the molecule is CN=C(NCCC(F)(F)F)NC1C2CCCOC2C1(C)C.I. The van der Waals surface area contributed by atoms with Crippen molar-refractivity contribution in [2.75, 3.05) is 20.2 Å². The van der Waals surface area contributed by atoms with Crippen molar-refractivity contribution in [1.29, 1.82) is 0 Å². The maximum absolute atomic E-state index is 12.2. The van der Waals surface area contributed by atoms with Gasteiger partial charge in [-0.3, -0.25) is 4.99 Å². The first-order valence-electron chi connectivity index (χ1n) is 7.41. The molecule has 1 heterocycles. The zero-order chi connectivity index (χ0) is 15.7. The lowest BCUT2D eigenvalue weighted by Gasteiger charge is -2.60. The molecule has 0 aromatic rings. The second kappa shape index (κ2) is 7.55. The highest BCUT2D eigenvalue weighted by Gasteiger charge is 2.58. The van der Waals surface area contributed by atoms with E-state index in [2.05, 4.69) is 29.5 Å². The van der Waals surface area contributed by atoms with Gasteiger partial charge in [0.05, 0.1) is 12.5 Å². The summed E-state index contributed by atoms with van der Waals surface area (Å²) < 4.78 is 42.3. The second-order valence-electron chi connectivity index (χ2n) is 6.41. The van der Waals surface area contributed by atoms with E-state index in [1.165, 1.54) is 0 Å². The molecule has 1 saturated heterocycles. The first kappa shape index (κ1) is 19.8. The molecule has 22 heavy (non-hydrogen) atoms. The Balaban J connectivity index is 0.00000242. The van der Waals surface area contributed by atoms with Crippen LogP contribution in [0, 0.1) is 11.3 Å². The molecule has 130 valence electrons. The molecule has 1 saturated carbocycles. The minimum atomic E-state index is -4.15. The first-order valence-corrected chi connectivity index (χ1v) is 7.41. The van der Waals surface area contributed by atoms with E-state index in [4.69, 9.17) is 4.74 Å². The lowest BCUT2D eigenvalue weighted by molar-refractivity contribution is -0.188. The number of ether oxygens (including phenoxy) is 1. The first-order chi connectivity index (χ1) is 9.75. The molecule has 0 radical (unpaired) electrons. The van der Waals surface area contributed by atoms with Gasteiger partial charge in [-0.2, -0.15) is 13.2 Å². The van der Waals surface area contributed by atoms with Crippen molar-refractivity contribution in [1.82, 2.24) is 10.6 Å². The van der Waals surface area contributed by atoms with Crippen molar-refractivity contribution in [3.05, 3.63) is 0 Å². The van der Waals surface area contributed by atoms with Crippen molar-refractivity contribution in [2.45, 2.75) is 51.4 Å². The van der Waals surface area contributed by atoms with Crippen LogP contribution in [0.1, 0.15) is 33.1 Å². The van der Waals surface area contributed by atoms with Crippen LogP contribution in [0.5, 0.6) is 0 Å². The van der Waals surface area contributed by atoms with Gasteiger partial charge in [0, 0.05) is 37.6 Å². The van der Waals surface area contributed by atoms with Gasteiger partial charge >= 0.3 is 6.18 Å². The number of halogens is 4. The van der Waals surface area contributed by atoms with E-state index in [-0.39, 0.29) is 48.1 Å². The fourth-order valence-electron chi connectivity index (χ4n) is 3.48. The van der Waals surface area contributed by atoms with Gasteiger partial charge in [0.25, 0.3) is 0 Å². The van der Waals surface area contributed by atoms with Gasteiger partial charge in [0.2, 0.25) is 0 Å². The highest BCUT2D eigenvalue weighted by atomic mass is 127. The smallest absolute Gasteiger partial charge is 0.377 e. The van der Waals surface area contributed by atoms with Gasteiger partial charge in [-0.05, 0) is 12.8 Å². The largest absolute Gasteiger partial charge is 0.390 e.